The molecule has 30 heavy (non-hydrogen) atoms. The van der Waals surface area contributed by atoms with Crippen molar-refractivity contribution in [3.8, 4) is 0 Å². The zero-order valence-corrected chi connectivity index (χ0v) is 17.4. The molecule has 148 valence electrons. The molecule has 5 nitrogen and oxygen atoms in total. The number of aromatic amines is 2. The van der Waals surface area contributed by atoms with Crippen LogP contribution in [0.4, 0.5) is 0 Å². The van der Waals surface area contributed by atoms with Crippen molar-refractivity contribution in [2.75, 3.05) is 0 Å². The zero-order chi connectivity index (χ0) is 21.0. The van der Waals surface area contributed by atoms with Crippen molar-refractivity contribution in [1.82, 2.24) is 19.9 Å². The summed E-state index contributed by atoms with van der Waals surface area (Å²) >= 11 is 0. The number of nitrogens with one attached hydrogen (secondary N) is 2. The standard InChI is InChI=1S/C25H22N4O/c1-13-18-5-6-19(26-18)14(2)21-9-10-23(28-21)16(4)25-17(12-30)11-24(29-25)15(3)22-8-7-20(13)27-22/h5-12,26,29H,1-4H3. The van der Waals surface area contributed by atoms with Crippen LogP contribution in [-0.4, -0.2) is 26.2 Å². The fourth-order valence-electron chi connectivity index (χ4n) is 4.01. The van der Waals surface area contributed by atoms with Gasteiger partial charge in [-0.2, -0.15) is 0 Å². The maximum atomic E-state index is 11.8. The van der Waals surface area contributed by atoms with E-state index in [4.69, 9.17) is 9.97 Å². The highest BCUT2D eigenvalue weighted by Crippen LogP contribution is 2.26. The number of hydrogen-bond acceptors (Lipinski definition) is 3. The number of nitrogens with zero attached hydrogens (tertiary/aromatic N) is 2. The summed E-state index contributed by atoms with van der Waals surface area (Å²) in [4.78, 5) is 28.4. The summed E-state index contributed by atoms with van der Waals surface area (Å²) in [5.74, 6) is 0. The van der Waals surface area contributed by atoms with Crippen LogP contribution in [-0.2, 0) is 0 Å². The van der Waals surface area contributed by atoms with E-state index in [9.17, 15) is 4.79 Å². The van der Waals surface area contributed by atoms with Crippen molar-refractivity contribution >= 4 is 52.7 Å². The van der Waals surface area contributed by atoms with Crippen LogP contribution in [0.15, 0.2) is 18.2 Å². The van der Waals surface area contributed by atoms with E-state index in [2.05, 4.69) is 35.9 Å². The summed E-state index contributed by atoms with van der Waals surface area (Å²) < 4.78 is 0. The molecule has 8 bridgehead atoms. The lowest BCUT2D eigenvalue weighted by molar-refractivity contribution is 0.112. The molecule has 3 aromatic heterocycles. The zero-order valence-electron chi connectivity index (χ0n) is 17.4. The van der Waals surface area contributed by atoms with E-state index < -0.39 is 0 Å². The third-order valence-electron chi connectivity index (χ3n) is 6.06. The number of carbonyl (C=O) groups excluding carboxylic acids is 1. The Labute approximate surface area is 174 Å². The number of carbonyl (C=O) groups is 1. The van der Waals surface area contributed by atoms with Crippen molar-refractivity contribution in [2.24, 2.45) is 0 Å². The Balaban J connectivity index is 2.00. The van der Waals surface area contributed by atoms with Crippen LogP contribution in [0.1, 0.15) is 55.4 Å². The molecule has 3 aromatic rings. The number of hydrogen-bond donors (Lipinski definition) is 2. The topological polar surface area (TPSA) is 74.4 Å². The third-order valence-corrected chi connectivity index (χ3v) is 6.06. The fraction of sp³-hybridized carbons (Fsp3) is 0.160. The first kappa shape index (κ1) is 18.3. The fourth-order valence-corrected chi connectivity index (χ4v) is 4.01. The Morgan fingerprint density at radius 2 is 1.13 bits per heavy atom. The van der Waals surface area contributed by atoms with Gasteiger partial charge in [0.1, 0.15) is 0 Å². The van der Waals surface area contributed by atoms with Gasteiger partial charge in [-0.05, 0) is 92.5 Å². The lowest BCUT2D eigenvalue weighted by Crippen LogP contribution is -1.87. The summed E-state index contributed by atoms with van der Waals surface area (Å²) in [5, 5.41) is 0. The Morgan fingerprint density at radius 1 is 0.667 bits per heavy atom. The Bertz CT molecular complexity index is 1450. The number of fused-ring (bicyclic) bond motifs is 8. The molecule has 0 atom stereocenters. The van der Waals surface area contributed by atoms with Crippen molar-refractivity contribution in [3.63, 3.8) is 0 Å². The van der Waals surface area contributed by atoms with E-state index in [0.717, 1.165) is 73.4 Å². The second-order valence-electron chi connectivity index (χ2n) is 7.85. The third kappa shape index (κ3) is 2.74. The van der Waals surface area contributed by atoms with Crippen LogP contribution < -0.4 is 0 Å². The van der Waals surface area contributed by atoms with E-state index >= 15 is 0 Å². The van der Waals surface area contributed by atoms with Gasteiger partial charge in [-0.1, -0.05) is 0 Å². The van der Waals surface area contributed by atoms with E-state index in [1.165, 1.54) is 0 Å². The maximum Gasteiger partial charge on any atom is 0.152 e. The van der Waals surface area contributed by atoms with Gasteiger partial charge in [-0.3, -0.25) is 4.79 Å². The molecule has 0 fully saturated rings. The van der Waals surface area contributed by atoms with Gasteiger partial charge in [0, 0.05) is 22.1 Å². The van der Waals surface area contributed by atoms with Gasteiger partial charge >= 0.3 is 0 Å². The second kappa shape index (κ2) is 6.66. The first-order valence-corrected chi connectivity index (χ1v) is 9.98. The summed E-state index contributed by atoms with van der Waals surface area (Å²) in [7, 11) is 0. The lowest BCUT2D eigenvalue weighted by atomic mass is 10.1. The van der Waals surface area contributed by atoms with Crippen molar-refractivity contribution in [1.29, 1.82) is 0 Å². The van der Waals surface area contributed by atoms with Crippen LogP contribution in [0.3, 0.4) is 0 Å². The Kier molecular flexibility index (Phi) is 4.07. The number of aromatic nitrogens is 4. The number of aldehydes is 1. The SMILES string of the molecule is Cc1c2nc(c(C)c3cc(C=O)c([nH]3)c(C)c3nc(c(C)c4ccc1[nH]4)C=C3)C=C2. The second-order valence-corrected chi connectivity index (χ2v) is 7.85. The maximum absolute atomic E-state index is 11.8. The van der Waals surface area contributed by atoms with Gasteiger partial charge in [0.05, 0.1) is 28.3 Å². The molecule has 2 N–H and O–H groups in total. The van der Waals surface area contributed by atoms with E-state index in [-0.39, 0.29) is 0 Å². The molecule has 0 amide bonds. The summed E-state index contributed by atoms with van der Waals surface area (Å²) in [6.07, 6.45) is 8.98. The van der Waals surface area contributed by atoms with Gasteiger partial charge in [-0.15, -0.1) is 0 Å². The van der Waals surface area contributed by atoms with E-state index in [1.54, 1.807) is 0 Å². The molecule has 0 radical (unpaired) electrons. The Morgan fingerprint density at radius 3 is 1.63 bits per heavy atom. The summed E-state index contributed by atoms with van der Waals surface area (Å²) in [5.41, 5.74) is 12.1. The van der Waals surface area contributed by atoms with Crippen molar-refractivity contribution < 1.29 is 4.79 Å². The molecule has 5 heteroatoms. The predicted octanol–water partition coefficient (Wildman–Crippen LogP) is 5.70. The summed E-state index contributed by atoms with van der Waals surface area (Å²) in [6.45, 7) is 8.15. The number of H-pyrrole nitrogens is 2. The first-order chi connectivity index (χ1) is 14.5. The molecule has 0 spiro atoms. The van der Waals surface area contributed by atoms with Crippen molar-refractivity contribution in [2.45, 2.75) is 27.7 Å². The van der Waals surface area contributed by atoms with Gasteiger partial charge in [0.25, 0.3) is 0 Å². The molecule has 5 rings (SSSR count). The molecule has 0 saturated heterocycles. The van der Waals surface area contributed by atoms with Crippen LogP contribution in [0, 0.1) is 27.7 Å². The van der Waals surface area contributed by atoms with Crippen LogP contribution >= 0.6 is 0 Å². The van der Waals surface area contributed by atoms with E-state index in [1.807, 2.05) is 44.2 Å². The van der Waals surface area contributed by atoms with Crippen LogP contribution in [0.25, 0.3) is 46.4 Å². The quantitative estimate of drug-likeness (QED) is 0.358. The molecular formula is C25H22N4O. The first-order valence-electron chi connectivity index (χ1n) is 9.98. The van der Waals surface area contributed by atoms with Crippen molar-refractivity contribution in [3.05, 3.63) is 68.8 Å². The molecule has 0 aliphatic carbocycles. The molecule has 2 aliphatic heterocycles. The lowest BCUT2D eigenvalue weighted by Gasteiger charge is -1.97. The largest absolute Gasteiger partial charge is 0.355 e. The van der Waals surface area contributed by atoms with Gasteiger partial charge in [0.2, 0.25) is 0 Å². The number of rotatable bonds is 1. The minimum Gasteiger partial charge on any atom is -0.355 e. The molecule has 5 heterocycles. The normalized spacial score (nSPS) is 12.5. The predicted molar refractivity (Wildman–Crippen MR) is 123 cm³/mol. The average Bonchev–Trinajstić information content (AvgIpc) is 3.56. The van der Waals surface area contributed by atoms with Gasteiger partial charge in [-0.25, -0.2) is 9.97 Å². The molecular weight excluding hydrogens is 372 g/mol. The smallest absolute Gasteiger partial charge is 0.152 e. The highest BCUT2D eigenvalue weighted by molar-refractivity contribution is 5.93. The van der Waals surface area contributed by atoms with Gasteiger partial charge < -0.3 is 9.97 Å². The molecule has 2 aliphatic rings. The van der Waals surface area contributed by atoms with Crippen LogP contribution in [0.5, 0.6) is 0 Å². The average molecular weight is 394 g/mol. The summed E-state index contributed by atoms with van der Waals surface area (Å²) in [6, 6.07) is 6.06. The van der Waals surface area contributed by atoms with Crippen LogP contribution in [0.2, 0.25) is 0 Å². The van der Waals surface area contributed by atoms with E-state index in [0.29, 0.717) is 5.56 Å². The Hall–Kier alpha value is -3.73. The molecule has 0 unspecified atom stereocenters. The highest BCUT2D eigenvalue weighted by Gasteiger charge is 2.12. The van der Waals surface area contributed by atoms with Gasteiger partial charge in [0.15, 0.2) is 6.29 Å². The minimum atomic E-state index is 0.625. The number of aryl methyl sites for hydroxylation is 4. The highest BCUT2D eigenvalue weighted by atomic mass is 16.1. The molecule has 0 aromatic carbocycles. The molecule has 0 saturated carbocycles. The monoisotopic (exact) mass is 394 g/mol. The minimum absolute atomic E-state index is 0.625.